The van der Waals surface area contributed by atoms with Crippen LogP contribution in [0, 0.1) is 0 Å². The summed E-state index contributed by atoms with van der Waals surface area (Å²) in [7, 11) is 1.66. The van der Waals surface area contributed by atoms with Gasteiger partial charge in [0.2, 0.25) is 5.91 Å². The number of amides is 1. The first-order valence-electron chi connectivity index (χ1n) is 7.25. The molecule has 1 rings (SSSR count). The molecule has 1 aromatic carbocycles. The molecule has 0 spiro atoms. The van der Waals surface area contributed by atoms with Crippen LogP contribution >= 0.6 is 0 Å². The van der Waals surface area contributed by atoms with Crippen LogP contribution < -0.4 is 10.6 Å². The maximum absolute atomic E-state index is 11.6. The van der Waals surface area contributed by atoms with Gasteiger partial charge in [-0.05, 0) is 31.7 Å². The van der Waals surface area contributed by atoms with E-state index in [-0.39, 0.29) is 5.91 Å². The fourth-order valence-electron chi connectivity index (χ4n) is 1.90. The molecule has 4 heteroatoms. The number of methoxy groups -OCH3 is 1. The highest BCUT2D eigenvalue weighted by molar-refractivity contribution is 5.77. The Labute approximate surface area is 121 Å². The van der Waals surface area contributed by atoms with Crippen LogP contribution in [0.15, 0.2) is 30.3 Å². The monoisotopic (exact) mass is 278 g/mol. The molecular formula is C16H26N2O2. The number of carbonyl (C=O) groups is 1. The molecule has 0 bridgehead atoms. The second kappa shape index (κ2) is 10.4. The van der Waals surface area contributed by atoms with Crippen molar-refractivity contribution in [3.63, 3.8) is 0 Å². The Kier molecular flexibility index (Phi) is 8.67. The summed E-state index contributed by atoms with van der Waals surface area (Å²) in [4.78, 5) is 11.6. The maximum Gasteiger partial charge on any atom is 0.233 e. The molecule has 0 aromatic heterocycles. The van der Waals surface area contributed by atoms with Gasteiger partial charge in [0.05, 0.1) is 6.54 Å². The molecule has 2 N–H and O–H groups in total. The summed E-state index contributed by atoms with van der Waals surface area (Å²) >= 11 is 0. The molecule has 112 valence electrons. The van der Waals surface area contributed by atoms with Gasteiger partial charge in [-0.15, -0.1) is 0 Å². The van der Waals surface area contributed by atoms with Gasteiger partial charge in [0.25, 0.3) is 0 Å². The van der Waals surface area contributed by atoms with E-state index in [1.165, 1.54) is 5.56 Å². The van der Waals surface area contributed by atoms with Crippen molar-refractivity contribution in [2.75, 3.05) is 26.8 Å². The van der Waals surface area contributed by atoms with Crippen LogP contribution in [0.1, 0.15) is 25.3 Å². The average molecular weight is 278 g/mol. The van der Waals surface area contributed by atoms with E-state index in [0.717, 1.165) is 19.3 Å². The molecule has 1 unspecified atom stereocenters. The highest BCUT2D eigenvalue weighted by Gasteiger charge is 2.05. The van der Waals surface area contributed by atoms with E-state index in [0.29, 0.717) is 25.7 Å². The molecule has 0 saturated heterocycles. The van der Waals surface area contributed by atoms with Gasteiger partial charge in [-0.1, -0.05) is 30.3 Å². The molecule has 20 heavy (non-hydrogen) atoms. The van der Waals surface area contributed by atoms with Gasteiger partial charge in [0, 0.05) is 26.3 Å². The first-order valence-corrected chi connectivity index (χ1v) is 7.25. The van der Waals surface area contributed by atoms with Crippen LogP contribution in [0.25, 0.3) is 0 Å². The van der Waals surface area contributed by atoms with Gasteiger partial charge in [-0.25, -0.2) is 0 Å². The minimum atomic E-state index is 0.0488. The highest BCUT2D eigenvalue weighted by Crippen LogP contribution is 2.04. The van der Waals surface area contributed by atoms with Crippen LogP contribution in [0.2, 0.25) is 0 Å². The van der Waals surface area contributed by atoms with Crippen molar-refractivity contribution in [3.05, 3.63) is 35.9 Å². The largest absolute Gasteiger partial charge is 0.385 e. The lowest BCUT2D eigenvalue weighted by atomic mass is 10.1. The first kappa shape index (κ1) is 16.7. The third kappa shape index (κ3) is 7.92. The number of ether oxygens (including phenoxy) is 1. The lowest BCUT2D eigenvalue weighted by molar-refractivity contribution is -0.120. The number of nitrogens with one attached hydrogen (secondary N) is 2. The van der Waals surface area contributed by atoms with Gasteiger partial charge in [-0.2, -0.15) is 0 Å². The summed E-state index contributed by atoms with van der Waals surface area (Å²) in [5.41, 5.74) is 1.34. The Morgan fingerprint density at radius 1 is 1.30 bits per heavy atom. The summed E-state index contributed by atoms with van der Waals surface area (Å²) in [6.07, 6.45) is 2.91. The predicted molar refractivity (Wildman–Crippen MR) is 81.7 cm³/mol. The van der Waals surface area contributed by atoms with Crippen molar-refractivity contribution in [3.8, 4) is 0 Å². The Balaban J connectivity index is 2.07. The zero-order valence-corrected chi connectivity index (χ0v) is 12.5. The second-order valence-electron chi connectivity index (χ2n) is 5.00. The third-order valence-electron chi connectivity index (χ3n) is 3.17. The Morgan fingerprint density at radius 3 is 2.75 bits per heavy atom. The predicted octanol–water partition coefficient (Wildman–Crippen LogP) is 1.75. The van der Waals surface area contributed by atoms with Gasteiger partial charge in [-0.3, -0.25) is 4.79 Å². The SMILES string of the molecule is COCCCNC(=O)CNC(C)CCc1ccccc1. The molecule has 0 fully saturated rings. The van der Waals surface area contributed by atoms with Crippen LogP contribution in [0.3, 0.4) is 0 Å². The summed E-state index contributed by atoms with van der Waals surface area (Å²) in [5, 5.41) is 6.12. The Bertz CT molecular complexity index is 368. The topological polar surface area (TPSA) is 50.4 Å². The van der Waals surface area contributed by atoms with Crippen molar-refractivity contribution in [2.24, 2.45) is 0 Å². The fourth-order valence-corrected chi connectivity index (χ4v) is 1.90. The molecule has 0 saturated carbocycles. The van der Waals surface area contributed by atoms with Gasteiger partial charge in [0.15, 0.2) is 0 Å². The molecule has 1 amide bonds. The molecule has 1 aromatic rings. The molecule has 4 nitrogen and oxygen atoms in total. The molecule has 0 aliphatic rings. The molecule has 0 heterocycles. The smallest absolute Gasteiger partial charge is 0.233 e. The number of aryl methyl sites for hydroxylation is 1. The van der Waals surface area contributed by atoms with E-state index in [2.05, 4.69) is 41.8 Å². The molecule has 0 radical (unpaired) electrons. The van der Waals surface area contributed by atoms with Gasteiger partial charge in [0.1, 0.15) is 0 Å². The second-order valence-corrected chi connectivity index (χ2v) is 5.00. The van der Waals surface area contributed by atoms with Crippen molar-refractivity contribution in [1.82, 2.24) is 10.6 Å². The molecule has 0 aliphatic carbocycles. The average Bonchev–Trinajstić information content (AvgIpc) is 2.48. The number of hydrogen-bond donors (Lipinski definition) is 2. The molecule has 0 aliphatic heterocycles. The normalized spacial score (nSPS) is 12.1. The quantitative estimate of drug-likeness (QED) is 0.641. The van der Waals surface area contributed by atoms with E-state index < -0.39 is 0 Å². The van der Waals surface area contributed by atoms with E-state index in [1.54, 1.807) is 7.11 Å². The number of rotatable bonds is 10. The Morgan fingerprint density at radius 2 is 2.05 bits per heavy atom. The highest BCUT2D eigenvalue weighted by atomic mass is 16.5. The summed E-state index contributed by atoms with van der Waals surface area (Å²) in [5.74, 6) is 0.0488. The Hall–Kier alpha value is -1.39. The zero-order valence-electron chi connectivity index (χ0n) is 12.5. The van der Waals surface area contributed by atoms with Crippen LogP contribution in [-0.2, 0) is 16.0 Å². The lowest BCUT2D eigenvalue weighted by Crippen LogP contribution is -2.38. The van der Waals surface area contributed by atoms with Crippen LogP contribution in [0.4, 0.5) is 0 Å². The summed E-state index contributed by atoms with van der Waals surface area (Å²) < 4.78 is 4.93. The van der Waals surface area contributed by atoms with Crippen LogP contribution in [0.5, 0.6) is 0 Å². The van der Waals surface area contributed by atoms with Crippen LogP contribution in [-0.4, -0.2) is 38.8 Å². The minimum absolute atomic E-state index is 0.0488. The minimum Gasteiger partial charge on any atom is -0.385 e. The standard InChI is InChI=1S/C16H26N2O2/c1-14(9-10-15-7-4-3-5-8-15)18-13-16(19)17-11-6-12-20-2/h3-5,7-8,14,18H,6,9-13H2,1-2H3,(H,17,19). The first-order chi connectivity index (χ1) is 9.72. The van der Waals surface area contributed by atoms with E-state index >= 15 is 0 Å². The third-order valence-corrected chi connectivity index (χ3v) is 3.17. The van der Waals surface area contributed by atoms with Gasteiger partial charge < -0.3 is 15.4 Å². The van der Waals surface area contributed by atoms with Crippen molar-refractivity contribution >= 4 is 5.91 Å². The fraction of sp³-hybridized carbons (Fsp3) is 0.562. The maximum atomic E-state index is 11.6. The van der Waals surface area contributed by atoms with Gasteiger partial charge >= 0.3 is 0 Å². The zero-order chi connectivity index (χ0) is 14.6. The lowest BCUT2D eigenvalue weighted by Gasteiger charge is -2.13. The van der Waals surface area contributed by atoms with Crippen molar-refractivity contribution in [2.45, 2.75) is 32.2 Å². The van der Waals surface area contributed by atoms with E-state index in [1.807, 2.05) is 6.07 Å². The van der Waals surface area contributed by atoms with Crippen molar-refractivity contribution in [1.29, 1.82) is 0 Å². The summed E-state index contributed by atoms with van der Waals surface area (Å²) in [6.45, 7) is 3.85. The summed E-state index contributed by atoms with van der Waals surface area (Å²) in [6, 6.07) is 10.7. The number of benzene rings is 1. The number of hydrogen-bond acceptors (Lipinski definition) is 3. The van der Waals surface area contributed by atoms with E-state index in [9.17, 15) is 4.79 Å². The van der Waals surface area contributed by atoms with Crippen molar-refractivity contribution < 1.29 is 9.53 Å². The number of carbonyl (C=O) groups excluding carboxylic acids is 1. The van der Waals surface area contributed by atoms with E-state index in [4.69, 9.17) is 4.74 Å². The molecular weight excluding hydrogens is 252 g/mol. The molecule has 1 atom stereocenters.